The van der Waals surface area contributed by atoms with Crippen LogP contribution in [0.5, 0.6) is 5.75 Å². The Morgan fingerprint density at radius 1 is 0.949 bits per heavy atom. The average molecular weight is 564 g/mol. The number of alkyl halides is 3. The summed E-state index contributed by atoms with van der Waals surface area (Å²) < 4.78 is 70.1. The fourth-order valence-electron chi connectivity index (χ4n) is 4.61. The molecule has 39 heavy (non-hydrogen) atoms. The zero-order valence-electron chi connectivity index (χ0n) is 22.7. The first kappa shape index (κ1) is 30.7. The molecule has 0 saturated carbocycles. The topological polar surface area (TPSA) is 66.8 Å². The van der Waals surface area contributed by atoms with Crippen LogP contribution >= 0.6 is 0 Å². The molecule has 0 aliphatic rings. The van der Waals surface area contributed by atoms with Crippen molar-refractivity contribution < 1.29 is 31.4 Å². The molecular formula is C30H36F3NO4S. The van der Waals surface area contributed by atoms with Crippen molar-refractivity contribution in [1.29, 1.82) is 0 Å². The zero-order valence-corrected chi connectivity index (χ0v) is 23.5. The molecule has 9 heteroatoms. The Hall–Kier alpha value is -2.88. The van der Waals surface area contributed by atoms with Crippen molar-refractivity contribution in [2.45, 2.75) is 56.3 Å². The van der Waals surface area contributed by atoms with Gasteiger partial charge >= 0.3 is 6.18 Å². The Morgan fingerprint density at radius 3 is 2.23 bits per heavy atom. The van der Waals surface area contributed by atoms with E-state index in [1.54, 1.807) is 18.2 Å². The highest BCUT2D eigenvalue weighted by Gasteiger charge is 2.31. The lowest BCUT2D eigenvalue weighted by Crippen LogP contribution is -2.37. The minimum atomic E-state index is -4.41. The van der Waals surface area contributed by atoms with Gasteiger partial charge in [-0.3, -0.25) is 4.90 Å². The first-order valence-corrected chi connectivity index (χ1v) is 14.6. The second kappa shape index (κ2) is 12.5. The molecule has 1 atom stereocenters. The molecule has 0 aliphatic heterocycles. The summed E-state index contributed by atoms with van der Waals surface area (Å²) in [6, 6.07) is 19.9. The van der Waals surface area contributed by atoms with Crippen LogP contribution in [0.15, 0.2) is 77.7 Å². The lowest BCUT2D eigenvalue weighted by molar-refractivity contribution is -0.137. The van der Waals surface area contributed by atoms with E-state index in [1.807, 2.05) is 30.3 Å². The van der Waals surface area contributed by atoms with Gasteiger partial charge in [0.1, 0.15) is 5.75 Å². The highest BCUT2D eigenvalue weighted by molar-refractivity contribution is 7.90. The van der Waals surface area contributed by atoms with Crippen molar-refractivity contribution in [2.75, 3.05) is 26.0 Å². The first-order chi connectivity index (χ1) is 18.2. The minimum absolute atomic E-state index is 0.0192. The maximum Gasteiger partial charge on any atom is 0.416 e. The van der Waals surface area contributed by atoms with E-state index < -0.39 is 27.7 Å². The van der Waals surface area contributed by atoms with Crippen LogP contribution in [-0.4, -0.2) is 44.4 Å². The van der Waals surface area contributed by atoms with Gasteiger partial charge in [-0.1, -0.05) is 68.4 Å². The van der Waals surface area contributed by atoms with Gasteiger partial charge in [0.2, 0.25) is 0 Å². The SMILES string of the molecule is CC(O)c1ccc(OCCCN(Cc2cccc(C(F)(F)F)c2)CC(C)(C)c2ccccc2)cc1S(C)(=O)=O. The lowest BCUT2D eigenvalue weighted by atomic mass is 9.84. The van der Waals surface area contributed by atoms with E-state index in [0.29, 0.717) is 42.9 Å². The number of rotatable bonds is 12. The maximum atomic E-state index is 13.3. The van der Waals surface area contributed by atoms with Gasteiger partial charge in [0.05, 0.1) is 23.2 Å². The Balaban J connectivity index is 1.74. The second-order valence-electron chi connectivity index (χ2n) is 10.5. The molecule has 0 amide bonds. The number of aliphatic hydroxyl groups is 1. The number of hydrogen-bond acceptors (Lipinski definition) is 5. The smallest absolute Gasteiger partial charge is 0.416 e. The average Bonchev–Trinajstić information content (AvgIpc) is 2.86. The van der Waals surface area contributed by atoms with Crippen LogP contribution in [0, 0.1) is 0 Å². The number of benzene rings is 3. The molecule has 0 aliphatic carbocycles. The van der Waals surface area contributed by atoms with Gasteiger partial charge in [-0.25, -0.2) is 8.42 Å². The molecule has 1 N–H and O–H groups in total. The second-order valence-corrected chi connectivity index (χ2v) is 12.5. The van der Waals surface area contributed by atoms with Gasteiger partial charge in [-0.05, 0) is 48.2 Å². The van der Waals surface area contributed by atoms with Gasteiger partial charge < -0.3 is 9.84 Å². The molecule has 0 radical (unpaired) electrons. The summed E-state index contributed by atoms with van der Waals surface area (Å²) in [5.41, 5.74) is 1.07. The van der Waals surface area contributed by atoms with Crippen LogP contribution in [0.25, 0.3) is 0 Å². The molecule has 1 unspecified atom stereocenters. The first-order valence-electron chi connectivity index (χ1n) is 12.8. The van der Waals surface area contributed by atoms with Crippen molar-refractivity contribution in [2.24, 2.45) is 0 Å². The summed E-state index contributed by atoms with van der Waals surface area (Å²) in [6.45, 7) is 7.48. The third-order valence-corrected chi connectivity index (χ3v) is 7.71. The Kier molecular flexibility index (Phi) is 9.85. The Morgan fingerprint density at radius 2 is 1.62 bits per heavy atom. The number of halogens is 3. The summed E-state index contributed by atoms with van der Waals surface area (Å²) in [4.78, 5) is 2.13. The van der Waals surface area contributed by atoms with E-state index in [4.69, 9.17) is 4.74 Å². The quantitative estimate of drug-likeness (QED) is 0.258. The molecule has 5 nitrogen and oxygen atoms in total. The van der Waals surface area contributed by atoms with E-state index in [2.05, 4.69) is 18.7 Å². The molecule has 0 bridgehead atoms. The van der Waals surface area contributed by atoms with Crippen LogP contribution in [0.3, 0.4) is 0 Å². The number of ether oxygens (including phenoxy) is 1. The predicted molar refractivity (Wildman–Crippen MR) is 146 cm³/mol. The fraction of sp³-hybridized carbons (Fsp3) is 0.400. The maximum absolute atomic E-state index is 13.3. The largest absolute Gasteiger partial charge is 0.494 e. The van der Waals surface area contributed by atoms with Crippen LogP contribution < -0.4 is 4.74 Å². The standard InChI is InChI=1S/C30H36F3NO4S/c1-22(35)27-15-14-26(19-28(27)39(4,36)37)38-17-9-16-34(21-29(2,3)24-11-6-5-7-12-24)20-23-10-8-13-25(18-23)30(31,32)33/h5-8,10-15,18-19,22,35H,9,16-17,20-21H2,1-4H3. The van der Waals surface area contributed by atoms with E-state index in [-0.39, 0.29) is 16.9 Å². The van der Waals surface area contributed by atoms with E-state index in [0.717, 1.165) is 17.9 Å². The summed E-state index contributed by atoms with van der Waals surface area (Å²) in [5.74, 6) is 0.369. The molecule has 0 heterocycles. The van der Waals surface area contributed by atoms with Gasteiger partial charge in [0.15, 0.2) is 9.84 Å². The molecule has 0 fully saturated rings. The summed E-state index contributed by atoms with van der Waals surface area (Å²) in [7, 11) is -3.57. The van der Waals surface area contributed by atoms with Crippen LogP contribution in [-0.2, 0) is 28.0 Å². The van der Waals surface area contributed by atoms with Crippen molar-refractivity contribution in [3.63, 3.8) is 0 Å². The fourth-order valence-corrected chi connectivity index (χ4v) is 5.60. The number of hydrogen-bond donors (Lipinski definition) is 1. The van der Waals surface area contributed by atoms with Crippen LogP contribution in [0.2, 0.25) is 0 Å². The van der Waals surface area contributed by atoms with Crippen molar-refractivity contribution in [3.05, 3.63) is 95.1 Å². The Labute approximate surface area is 229 Å². The van der Waals surface area contributed by atoms with Crippen molar-refractivity contribution in [1.82, 2.24) is 4.90 Å². The molecule has 3 rings (SSSR count). The summed E-state index contributed by atoms with van der Waals surface area (Å²) in [6.07, 6.45) is -3.71. The number of nitrogens with zero attached hydrogens (tertiary/aromatic N) is 1. The lowest BCUT2D eigenvalue weighted by Gasteiger charge is -2.33. The van der Waals surface area contributed by atoms with Crippen LogP contribution in [0.4, 0.5) is 13.2 Å². The number of sulfone groups is 1. The third-order valence-electron chi connectivity index (χ3n) is 6.56. The zero-order chi connectivity index (χ0) is 28.8. The molecule has 0 aromatic heterocycles. The molecule has 0 spiro atoms. The normalized spacial score (nSPS) is 13.5. The predicted octanol–water partition coefficient (Wildman–Crippen LogP) is 6.41. The van der Waals surface area contributed by atoms with Crippen LogP contribution in [0.1, 0.15) is 55.5 Å². The third kappa shape index (κ3) is 8.81. The molecule has 3 aromatic rings. The van der Waals surface area contributed by atoms with E-state index in [1.165, 1.54) is 25.1 Å². The van der Waals surface area contributed by atoms with Crippen molar-refractivity contribution >= 4 is 9.84 Å². The molecule has 0 saturated heterocycles. The molecule has 212 valence electrons. The van der Waals surface area contributed by atoms with E-state index >= 15 is 0 Å². The Bertz CT molecular complexity index is 1340. The highest BCUT2D eigenvalue weighted by atomic mass is 32.2. The number of aliphatic hydroxyl groups excluding tert-OH is 1. The van der Waals surface area contributed by atoms with E-state index in [9.17, 15) is 26.7 Å². The summed E-state index contributed by atoms with van der Waals surface area (Å²) in [5, 5.41) is 9.92. The van der Waals surface area contributed by atoms with Crippen molar-refractivity contribution in [3.8, 4) is 5.75 Å². The summed E-state index contributed by atoms with van der Waals surface area (Å²) >= 11 is 0. The molecular weight excluding hydrogens is 527 g/mol. The van der Waals surface area contributed by atoms with Gasteiger partial charge in [0.25, 0.3) is 0 Å². The monoisotopic (exact) mass is 563 g/mol. The van der Waals surface area contributed by atoms with Gasteiger partial charge in [-0.2, -0.15) is 13.2 Å². The molecule has 3 aromatic carbocycles. The highest BCUT2D eigenvalue weighted by Crippen LogP contribution is 2.31. The van der Waals surface area contributed by atoms with Gasteiger partial charge in [-0.15, -0.1) is 0 Å². The minimum Gasteiger partial charge on any atom is -0.494 e. The van der Waals surface area contributed by atoms with Gasteiger partial charge in [0, 0.05) is 31.3 Å².